The van der Waals surface area contributed by atoms with E-state index >= 15 is 0 Å². The quantitative estimate of drug-likeness (QED) is 0.405. The third kappa shape index (κ3) is 4.82. The van der Waals surface area contributed by atoms with Gasteiger partial charge in [-0.15, -0.1) is 0 Å². The fourth-order valence-corrected chi connectivity index (χ4v) is 3.45. The van der Waals surface area contributed by atoms with Crippen LogP contribution < -0.4 is 19.5 Å². The molecule has 7 nitrogen and oxygen atoms in total. The summed E-state index contributed by atoms with van der Waals surface area (Å²) >= 11 is 0. The second kappa shape index (κ2) is 9.91. The van der Waals surface area contributed by atoms with Crippen LogP contribution in [0.3, 0.4) is 0 Å². The van der Waals surface area contributed by atoms with Crippen molar-refractivity contribution in [1.82, 2.24) is 9.78 Å². The van der Waals surface area contributed by atoms with E-state index in [1.54, 1.807) is 49.4 Å². The van der Waals surface area contributed by atoms with E-state index in [0.717, 1.165) is 11.4 Å². The zero-order valence-corrected chi connectivity index (χ0v) is 18.7. The fourth-order valence-electron chi connectivity index (χ4n) is 3.45. The maximum absolute atomic E-state index is 13.3. The number of ether oxygens (including phenoxy) is 3. The number of methoxy groups -OCH3 is 2. The Kier molecular flexibility index (Phi) is 6.59. The summed E-state index contributed by atoms with van der Waals surface area (Å²) < 4.78 is 18.1. The molecule has 4 rings (SSSR count). The Morgan fingerprint density at radius 3 is 2.33 bits per heavy atom. The molecular formula is C26H25N3O4. The maximum Gasteiger partial charge on any atom is 0.259 e. The van der Waals surface area contributed by atoms with E-state index in [0.29, 0.717) is 40.6 Å². The van der Waals surface area contributed by atoms with Crippen molar-refractivity contribution >= 4 is 11.6 Å². The molecule has 0 spiro atoms. The van der Waals surface area contributed by atoms with Crippen molar-refractivity contribution in [3.8, 4) is 34.2 Å². The highest BCUT2D eigenvalue weighted by molar-refractivity contribution is 6.08. The first-order chi connectivity index (χ1) is 16.1. The van der Waals surface area contributed by atoms with Crippen LogP contribution >= 0.6 is 0 Å². The zero-order chi connectivity index (χ0) is 23.2. The van der Waals surface area contributed by atoms with Crippen molar-refractivity contribution in [3.63, 3.8) is 0 Å². The second-order valence-electron chi connectivity index (χ2n) is 7.15. The molecule has 0 aliphatic carbocycles. The minimum atomic E-state index is -0.291. The maximum atomic E-state index is 13.3. The molecule has 0 radical (unpaired) electrons. The highest BCUT2D eigenvalue weighted by Crippen LogP contribution is 2.35. The topological polar surface area (TPSA) is 74.6 Å². The molecule has 0 unspecified atom stereocenters. The van der Waals surface area contributed by atoms with Gasteiger partial charge in [-0.2, -0.15) is 5.10 Å². The van der Waals surface area contributed by atoms with Gasteiger partial charge in [0.2, 0.25) is 0 Å². The summed E-state index contributed by atoms with van der Waals surface area (Å²) in [4.78, 5) is 13.3. The van der Waals surface area contributed by atoms with Crippen molar-refractivity contribution < 1.29 is 19.0 Å². The predicted molar refractivity (Wildman–Crippen MR) is 128 cm³/mol. The first kappa shape index (κ1) is 22.0. The Bertz CT molecular complexity index is 1230. The van der Waals surface area contributed by atoms with Crippen molar-refractivity contribution in [3.05, 3.63) is 84.6 Å². The van der Waals surface area contributed by atoms with Crippen molar-refractivity contribution in [2.45, 2.75) is 6.92 Å². The smallest absolute Gasteiger partial charge is 0.259 e. The van der Waals surface area contributed by atoms with E-state index in [9.17, 15) is 4.79 Å². The average Bonchev–Trinajstić information content (AvgIpc) is 3.31. The molecule has 0 saturated carbocycles. The van der Waals surface area contributed by atoms with E-state index in [2.05, 4.69) is 5.32 Å². The lowest BCUT2D eigenvalue weighted by atomic mass is 10.1. The molecule has 7 heteroatoms. The highest BCUT2D eigenvalue weighted by Gasteiger charge is 2.22. The van der Waals surface area contributed by atoms with E-state index < -0.39 is 0 Å². The molecule has 0 aliphatic rings. The number of hydrogen-bond acceptors (Lipinski definition) is 5. The molecule has 3 aromatic carbocycles. The van der Waals surface area contributed by atoms with Crippen LogP contribution in [0.2, 0.25) is 0 Å². The Morgan fingerprint density at radius 1 is 0.939 bits per heavy atom. The summed E-state index contributed by atoms with van der Waals surface area (Å²) in [5.41, 5.74) is 3.03. The van der Waals surface area contributed by atoms with E-state index in [4.69, 9.17) is 19.3 Å². The lowest BCUT2D eigenvalue weighted by Crippen LogP contribution is -2.12. The van der Waals surface area contributed by atoms with Crippen LogP contribution in [-0.4, -0.2) is 36.5 Å². The second-order valence-corrected chi connectivity index (χ2v) is 7.15. The van der Waals surface area contributed by atoms with Gasteiger partial charge in [0.15, 0.2) is 0 Å². The van der Waals surface area contributed by atoms with Crippen molar-refractivity contribution in [2.24, 2.45) is 0 Å². The minimum absolute atomic E-state index is 0.291. The summed E-state index contributed by atoms with van der Waals surface area (Å²) in [6.45, 7) is 2.50. The van der Waals surface area contributed by atoms with Crippen LogP contribution in [0.5, 0.6) is 17.2 Å². The van der Waals surface area contributed by atoms with Gasteiger partial charge in [-0.25, -0.2) is 4.68 Å². The number of carbonyl (C=O) groups excluding carboxylic acids is 1. The summed E-state index contributed by atoms with van der Waals surface area (Å²) in [5, 5.41) is 7.68. The number of aromatic nitrogens is 2. The first-order valence-corrected chi connectivity index (χ1v) is 10.5. The SMILES string of the molecule is CCOc1ccc(NC(=O)c2cn(-c3ccccc3)nc2-c2cc(OC)ccc2OC)cc1. The Hall–Kier alpha value is -4.26. The monoisotopic (exact) mass is 443 g/mol. The van der Waals surface area contributed by atoms with Gasteiger partial charge in [-0.3, -0.25) is 4.79 Å². The van der Waals surface area contributed by atoms with Gasteiger partial charge in [-0.1, -0.05) is 18.2 Å². The molecule has 1 amide bonds. The van der Waals surface area contributed by atoms with Crippen LogP contribution in [0.4, 0.5) is 5.69 Å². The first-order valence-electron chi connectivity index (χ1n) is 10.5. The molecule has 1 N–H and O–H groups in total. The molecule has 0 saturated heterocycles. The number of nitrogens with zero attached hydrogens (tertiary/aromatic N) is 2. The number of carbonyl (C=O) groups is 1. The summed E-state index contributed by atoms with van der Waals surface area (Å²) in [7, 11) is 3.17. The fraction of sp³-hybridized carbons (Fsp3) is 0.154. The summed E-state index contributed by atoms with van der Waals surface area (Å²) in [6.07, 6.45) is 1.72. The Balaban J connectivity index is 1.76. The average molecular weight is 444 g/mol. The molecular weight excluding hydrogens is 418 g/mol. The van der Waals surface area contributed by atoms with Crippen molar-refractivity contribution in [2.75, 3.05) is 26.1 Å². The number of anilines is 1. The number of benzene rings is 3. The van der Waals surface area contributed by atoms with Crippen molar-refractivity contribution in [1.29, 1.82) is 0 Å². The normalized spacial score (nSPS) is 10.5. The molecule has 168 valence electrons. The third-order valence-electron chi connectivity index (χ3n) is 5.06. The van der Waals surface area contributed by atoms with Gasteiger partial charge >= 0.3 is 0 Å². The lowest BCUT2D eigenvalue weighted by Gasteiger charge is -2.11. The molecule has 0 fully saturated rings. The zero-order valence-electron chi connectivity index (χ0n) is 18.7. The molecule has 0 atom stereocenters. The summed E-state index contributed by atoms with van der Waals surface area (Å²) in [5.74, 6) is 1.68. The molecule has 0 bridgehead atoms. The van der Waals surface area contributed by atoms with Crippen LogP contribution in [0.25, 0.3) is 16.9 Å². The standard InChI is InChI=1S/C26H25N3O4/c1-4-33-20-12-10-18(11-13-20)27-26(30)23-17-29(19-8-6-5-7-9-19)28-25(23)22-16-21(31-2)14-15-24(22)32-3/h5-17H,4H2,1-3H3,(H,27,30). The highest BCUT2D eigenvalue weighted by atomic mass is 16.5. The van der Waals surface area contributed by atoms with Gasteiger partial charge in [0.25, 0.3) is 5.91 Å². The molecule has 33 heavy (non-hydrogen) atoms. The van der Waals surface area contributed by atoms with Gasteiger partial charge in [-0.05, 0) is 61.5 Å². The number of rotatable bonds is 8. The van der Waals surface area contributed by atoms with Crippen LogP contribution in [-0.2, 0) is 0 Å². The number of para-hydroxylation sites is 1. The molecule has 1 aromatic heterocycles. The van der Waals surface area contributed by atoms with E-state index in [1.807, 2.05) is 55.5 Å². The molecule has 0 aliphatic heterocycles. The predicted octanol–water partition coefficient (Wildman–Crippen LogP) is 5.21. The Morgan fingerprint density at radius 2 is 1.67 bits per heavy atom. The number of nitrogens with one attached hydrogen (secondary N) is 1. The lowest BCUT2D eigenvalue weighted by molar-refractivity contribution is 0.102. The number of amides is 1. The van der Waals surface area contributed by atoms with E-state index in [-0.39, 0.29) is 5.91 Å². The van der Waals surface area contributed by atoms with Crippen LogP contribution in [0.15, 0.2) is 79.0 Å². The van der Waals surface area contributed by atoms with Gasteiger partial charge in [0.05, 0.1) is 32.1 Å². The van der Waals surface area contributed by atoms with Gasteiger partial charge < -0.3 is 19.5 Å². The molecule has 4 aromatic rings. The third-order valence-corrected chi connectivity index (χ3v) is 5.06. The number of hydrogen-bond donors (Lipinski definition) is 1. The molecule has 1 heterocycles. The van der Waals surface area contributed by atoms with Crippen LogP contribution in [0, 0.1) is 0 Å². The van der Waals surface area contributed by atoms with Gasteiger partial charge in [0.1, 0.15) is 22.9 Å². The largest absolute Gasteiger partial charge is 0.497 e. The minimum Gasteiger partial charge on any atom is -0.497 e. The van der Waals surface area contributed by atoms with E-state index in [1.165, 1.54) is 0 Å². The van der Waals surface area contributed by atoms with Gasteiger partial charge in [0, 0.05) is 17.4 Å². The summed E-state index contributed by atoms with van der Waals surface area (Å²) in [6, 6.07) is 22.3. The Labute approximate surface area is 192 Å². The van der Waals surface area contributed by atoms with Crippen LogP contribution in [0.1, 0.15) is 17.3 Å².